The van der Waals surface area contributed by atoms with Crippen LogP contribution in [0.2, 0.25) is 0 Å². The van der Waals surface area contributed by atoms with E-state index in [1.165, 1.54) is 0 Å². The van der Waals surface area contributed by atoms with Crippen LogP contribution in [0.3, 0.4) is 0 Å². The number of hydrogen-bond donors (Lipinski definition) is 2. The van der Waals surface area contributed by atoms with E-state index < -0.39 is 0 Å². The summed E-state index contributed by atoms with van der Waals surface area (Å²) < 4.78 is 0. The molecular formula is C12H12N2O2. The van der Waals surface area contributed by atoms with Gasteiger partial charge in [0.15, 0.2) is 0 Å². The molecule has 16 heavy (non-hydrogen) atoms. The maximum absolute atomic E-state index is 11.6. The minimum atomic E-state index is -0.147. The average Bonchev–Trinajstić information content (AvgIpc) is 2.25. The number of benzene rings is 1. The van der Waals surface area contributed by atoms with E-state index in [9.17, 15) is 9.90 Å². The molecule has 2 aromatic rings. The van der Waals surface area contributed by atoms with Crippen molar-refractivity contribution in [2.45, 2.75) is 13.8 Å². The van der Waals surface area contributed by atoms with Crippen LogP contribution in [0.25, 0.3) is 11.4 Å². The third-order valence-electron chi connectivity index (χ3n) is 2.51. The Hall–Kier alpha value is -2.10. The fourth-order valence-electron chi connectivity index (χ4n) is 1.44. The molecule has 0 spiro atoms. The van der Waals surface area contributed by atoms with Crippen molar-refractivity contribution < 1.29 is 5.11 Å². The fraction of sp³-hybridized carbons (Fsp3) is 0.167. The molecule has 1 aromatic heterocycles. The number of nitrogens with one attached hydrogen (secondary N) is 1. The molecule has 4 heteroatoms. The number of H-pyrrole nitrogens is 1. The zero-order chi connectivity index (χ0) is 11.7. The van der Waals surface area contributed by atoms with E-state index in [1.807, 2.05) is 0 Å². The first-order valence-electron chi connectivity index (χ1n) is 4.95. The zero-order valence-electron chi connectivity index (χ0n) is 9.11. The van der Waals surface area contributed by atoms with Crippen LogP contribution < -0.4 is 5.56 Å². The second-order valence-corrected chi connectivity index (χ2v) is 3.68. The minimum Gasteiger partial charge on any atom is -0.508 e. The van der Waals surface area contributed by atoms with Gasteiger partial charge in [0.2, 0.25) is 0 Å². The van der Waals surface area contributed by atoms with Crippen LogP contribution in [0.4, 0.5) is 0 Å². The van der Waals surface area contributed by atoms with Gasteiger partial charge in [-0.15, -0.1) is 0 Å². The van der Waals surface area contributed by atoms with Crippen LogP contribution in [0.15, 0.2) is 29.1 Å². The first-order valence-corrected chi connectivity index (χ1v) is 4.95. The minimum absolute atomic E-state index is 0.147. The van der Waals surface area contributed by atoms with Crippen LogP contribution in [0.5, 0.6) is 5.75 Å². The van der Waals surface area contributed by atoms with Crippen LogP contribution in [0, 0.1) is 13.8 Å². The van der Waals surface area contributed by atoms with E-state index in [4.69, 9.17) is 0 Å². The standard InChI is InChI=1S/C12H12N2O2/c1-7-8(2)13-11(14-12(7)16)9-4-3-5-10(15)6-9/h3-6,15H,1-2H3,(H,13,14,16). The molecule has 0 atom stereocenters. The van der Waals surface area contributed by atoms with E-state index in [0.717, 1.165) is 0 Å². The second kappa shape index (κ2) is 3.81. The molecule has 0 bridgehead atoms. The predicted molar refractivity (Wildman–Crippen MR) is 61.4 cm³/mol. The van der Waals surface area contributed by atoms with Crippen molar-refractivity contribution >= 4 is 0 Å². The Kier molecular flexibility index (Phi) is 2.48. The Bertz CT molecular complexity index is 588. The first-order chi connectivity index (χ1) is 7.58. The highest BCUT2D eigenvalue weighted by molar-refractivity contribution is 5.57. The van der Waals surface area contributed by atoms with E-state index >= 15 is 0 Å². The van der Waals surface area contributed by atoms with Crippen LogP contribution in [-0.4, -0.2) is 15.1 Å². The number of phenolic OH excluding ortho intramolecular Hbond substituents is 1. The molecule has 0 saturated carbocycles. The van der Waals surface area contributed by atoms with Crippen molar-refractivity contribution in [3.05, 3.63) is 45.9 Å². The van der Waals surface area contributed by atoms with Gasteiger partial charge in [0.1, 0.15) is 11.6 Å². The lowest BCUT2D eigenvalue weighted by Crippen LogP contribution is -2.14. The summed E-state index contributed by atoms with van der Waals surface area (Å²) in [6.45, 7) is 3.52. The van der Waals surface area contributed by atoms with Gasteiger partial charge in [-0.3, -0.25) is 4.79 Å². The maximum atomic E-state index is 11.6. The zero-order valence-corrected chi connectivity index (χ0v) is 9.11. The van der Waals surface area contributed by atoms with Gasteiger partial charge in [-0.2, -0.15) is 0 Å². The van der Waals surface area contributed by atoms with Crippen LogP contribution >= 0.6 is 0 Å². The number of rotatable bonds is 1. The number of aromatic hydroxyl groups is 1. The Balaban J connectivity index is 2.61. The largest absolute Gasteiger partial charge is 0.508 e. The highest BCUT2D eigenvalue weighted by atomic mass is 16.3. The van der Waals surface area contributed by atoms with Gasteiger partial charge in [-0.05, 0) is 26.0 Å². The third-order valence-corrected chi connectivity index (χ3v) is 2.51. The number of aromatic nitrogens is 2. The highest BCUT2D eigenvalue weighted by Gasteiger charge is 2.05. The van der Waals surface area contributed by atoms with Crippen molar-refractivity contribution in [1.82, 2.24) is 9.97 Å². The molecule has 2 rings (SSSR count). The second-order valence-electron chi connectivity index (χ2n) is 3.68. The van der Waals surface area contributed by atoms with Gasteiger partial charge in [0.05, 0.1) is 0 Å². The summed E-state index contributed by atoms with van der Waals surface area (Å²) in [4.78, 5) is 18.5. The molecule has 0 amide bonds. The lowest BCUT2D eigenvalue weighted by atomic mass is 10.2. The summed E-state index contributed by atoms with van der Waals surface area (Å²) in [5, 5.41) is 9.35. The highest BCUT2D eigenvalue weighted by Crippen LogP contribution is 2.19. The monoisotopic (exact) mass is 216 g/mol. The van der Waals surface area contributed by atoms with Crippen molar-refractivity contribution in [1.29, 1.82) is 0 Å². The molecule has 0 aliphatic carbocycles. The molecule has 2 N–H and O–H groups in total. The average molecular weight is 216 g/mol. The lowest BCUT2D eigenvalue weighted by molar-refractivity contribution is 0.475. The molecule has 0 unspecified atom stereocenters. The number of phenols is 1. The predicted octanol–water partition coefficient (Wildman–Crippen LogP) is 1.76. The molecule has 0 saturated heterocycles. The normalized spacial score (nSPS) is 10.4. The maximum Gasteiger partial charge on any atom is 0.254 e. The van der Waals surface area contributed by atoms with Crippen LogP contribution in [-0.2, 0) is 0 Å². The Morgan fingerprint density at radius 2 is 2.06 bits per heavy atom. The molecule has 0 aliphatic heterocycles. The van der Waals surface area contributed by atoms with Gasteiger partial charge in [0.25, 0.3) is 5.56 Å². The lowest BCUT2D eigenvalue weighted by Gasteiger charge is -2.04. The molecule has 0 aliphatic rings. The Labute approximate surface area is 92.6 Å². The molecule has 0 fully saturated rings. The van der Waals surface area contributed by atoms with Gasteiger partial charge in [0, 0.05) is 16.8 Å². The summed E-state index contributed by atoms with van der Waals surface area (Å²) in [5.74, 6) is 0.627. The molecule has 4 nitrogen and oxygen atoms in total. The number of aromatic amines is 1. The molecular weight excluding hydrogens is 204 g/mol. The number of nitrogens with zero attached hydrogens (tertiary/aromatic N) is 1. The summed E-state index contributed by atoms with van der Waals surface area (Å²) >= 11 is 0. The van der Waals surface area contributed by atoms with Crippen molar-refractivity contribution in [3.8, 4) is 17.1 Å². The Morgan fingerprint density at radius 3 is 2.69 bits per heavy atom. The summed E-state index contributed by atoms with van der Waals surface area (Å²) in [6.07, 6.45) is 0. The van der Waals surface area contributed by atoms with Crippen molar-refractivity contribution in [2.24, 2.45) is 0 Å². The van der Waals surface area contributed by atoms with Gasteiger partial charge in [-0.25, -0.2) is 4.98 Å². The van der Waals surface area contributed by atoms with E-state index in [2.05, 4.69) is 9.97 Å². The summed E-state index contributed by atoms with van der Waals surface area (Å²) in [6, 6.07) is 6.63. The molecule has 0 radical (unpaired) electrons. The topological polar surface area (TPSA) is 66.0 Å². The Morgan fingerprint density at radius 1 is 1.31 bits per heavy atom. The molecule has 82 valence electrons. The summed E-state index contributed by atoms with van der Waals surface area (Å²) in [7, 11) is 0. The van der Waals surface area contributed by atoms with E-state index in [1.54, 1.807) is 38.1 Å². The van der Waals surface area contributed by atoms with E-state index in [-0.39, 0.29) is 11.3 Å². The fourth-order valence-corrected chi connectivity index (χ4v) is 1.44. The van der Waals surface area contributed by atoms with E-state index in [0.29, 0.717) is 22.6 Å². The number of aryl methyl sites for hydroxylation is 1. The van der Waals surface area contributed by atoms with Crippen LogP contribution in [0.1, 0.15) is 11.3 Å². The third kappa shape index (κ3) is 1.82. The van der Waals surface area contributed by atoms with Gasteiger partial charge in [-0.1, -0.05) is 12.1 Å². The van der Waals surface area contributed by atoms with Crippen molar-refractivity contribution in [2.75, 3.05) is 0 Å². The van der Waals surface area contributed by atoms with Crippen molar-refractivity contribution in [3.63, 3.8) is 0 Å². The molecule has 1 aromatic carbocycles. The smallest absolute Gasteiger partial charge is 0.254 e. The first kappa shape index (κ1) is 10.4. The summed E-state index contributed by atoms with van der Waals surface area (Å²) in [5.41, 5.74) is 1.86. The number of hydrogen-bond acceptors (Lipinski definition) is 3. The molecule has 1 heterocycles. The van der Waals surface area contributed by atoms with Gasteiger partial charge < -0.3 is 10.1 Å². The van der Waals surface area contributed by atoms with Gasteiger partial charge >= 0.3 is 0 Å². The quantitative estimate of drug-likeness (QED) is 0.763. The SMILES string of the molecule is Cc1nc(-c2cccc(O)c2)[nH]c(=O)c1C.